The molecule has 0 amide bonds. The summed E-state index contributed by atoms with van der Waals surface area (Å²) in [5.74, 6) is 6.09. The molecule has 0 N–H and O–H groups in total. The van der Waals surface area contributed by atoms with Crippen LogP contribution in [0.15, 0.2) is 0 Å². The van der Waals surface area contributed by atoms with Crippen molar-refractivity contribution in [3.63, 3.8) is 0 Å². The Morgan fingerprint density at radius 1 is 0.435 bits per heavy atom. The first-order valence-electron chi connectivity index (χ1n) is 11.0. The minimum Gasteiger partial charge on any atom is -0.0625 e. The van der Waals surface area contributed by atoms with Crippen molar-refractivity contribution < 1.29 is 0 Å². The maximum atomic E-state index is 2.77. The van der Waals surface area contributed by atoms with Gasteiger partial charge in [-0.25, -0.2) is 0 Å². The van der Waals surface area contributed by atoms with Gasteiger partial charge in [-0.2, -0.15) is 0 Å². The zero-order valence-corrected chi connectivity index (χ0v) is 16.4. The van der Waals surface area contributed by atoms with Gasteiger partial charge in [0.15, 0.2) is 0 Å². The van der Waals surface area contributed by atoms with Gasteiger partial charge in [0, 0.05) is 0 Å². The summed E-state index contributed by atoms with van der Waals surface area (Å²) >= 11 is 0. The highest BCUT2D eigenvalue weighted by Crippen LogP contribution is 2.57. The molecular weight excluding hydrogens is 276 g/mol. The molecule has 0 unspecified atom stereocenters. The van der Waals surface area contributed by atoms with E-state index in [9.17, 15) is 0 Å². The first-order valence-corrected chi connectivity index (χ1v) is 11.0. The third-order valence-electron chi connectivity index (χ3n) is 8.69. The first kappa shape index (κ1) is 17.8. The van der Waals surface area contributed by atoms with E-state index in [1.54, 1.807) is 0 Å². The van der Waals surface area contributed by atoms with Crippen LogP contribution in [0.3, 0.4) is 0 Å². The monoisotopic (exact) mass is 318 g/mol. The molecular formula is C23H42. The second kappa shape index (κ2) is 7.49. The summed E-state index contributed by atoms with van der Waals surface area (Å²) in [5.41, 5.74) is 0.667. The van der Waals surface area contributed by atoms with E-state index in [2.05, 4.69) is 27.7 Å². The topological polar surface area (TPSA) is 0 Å². The Kier molecular flexibility index (Phi) is 5.80. The molecule has 3 aliphatic rings. The van der Waals surface area contributed by atoms with Crippen molar-refractivity contribution in [3.8, 4) is 0 Å². The van der Waals surface area contributed by atoms with E-state index in [1.807, 2.05) is 0 Å². The molecule has 0 saturated heterocycles. The van der Waals surface area contributed by atoms with Crippen LogP contribution in [0.4, 0.5) is 0 Å². The van der Waals surface area contributed by atoms with Gasteiger partial charge >= 0.3 is 0 Å². The normalized spacial score (nSPS) is 45.4. The summed E-state index contributed by atoms with van der Waals surface area (Å²) in [7, 11) is 0. The van der Waals surface area contributed by atoms with E-state index in [1.165, 1.54) is 77.0 Å². The Morgan fingerprint density at radius 2 is 0.652 bits per heavy atom. The molecule has 0 aliphatic heterocycles. The van der Waals surface area contributed by atoms with Crippen LogP contribution in [0.5, 0.6) is 0 Å². The minimum atomic E-state index is 0.667. The van der Waals surface area contributed by atoms with Crippen molar-refractivity contribution in [2.45, 2.75) is 105 Å². The zero-order chi connectivity index (χ0) is 16.4. The molecule has 3 fully saturated rings. The predicted molar refractivity (Wildman–Crippen MR) is 101 cm³/mol. The van der Waals surface area contributed by atoms with Gasteiger partial charge in [0.25, 0.3) is 0 Å². The number of hydrogen-bond donors (Lipinski definition) is 0. The Bertz CT molecular complexity index is 291. The quantitative estimate of drug-likeness (QED) is 0.506. The highest BCUT2D eigenvalue weighted by molar-refractivity contribution is 4.97. The molecule has 0 heterocycles. The van der Waals surface area contributed by atoms with Crippen LogP contribution >= 0.6 is 0 Å². The molecule has 0 aromatic heterocycles. The lowest BCUT2D eigenvalue weighted by atomic mass is 9.51. The molecule has 0 aromatic carbocycles. The lowest BCUT2D eigenvalue weighted by molar-refractivity contribution is -0.0446. The standard InChI is InChI=1S/C23H42/c1-17-5-11-20(12-6-17)23(4,21-13-7-18(2)8-14-21)22-15-9-19(3)10-16-22/h17-22H,5-16H2,1-4H3. The van der Waals surface area contributed by atoms with Gasteiger partial charge in [-0.1, -0.05) is 66.2 Å². The smallest absolute Gasteiger partial charge is 0.0241 e. The van der Waals surface area contributed by atoms with Gasteiger partial charge in [0.05, 0.1) is 0 Å². The molecule has 0 bridgehead atoms. The number of rotatable bonds is 3. The van der Waals surface area contributed by atoms with Gasteiger partial charge < -0.3 is 0 Å². The SMILES string of the molecule is CC1CCC(C(C)(C2CCC(C)CC2)C2CCC(C)CC2)CC1. The highest BCUT2D eigenvalue weighted by Gasteiger charge is 2.48. The summed E-state index contributed by atoms with van der Waals surface area (Å²) in [5, 5.41) is 0. The van der Waals surface area contributed by atoms with Gasteiger partial charge in [-0.05, 0) is 79.4 Å². The van der Waals surface area contributed by atoms with E-state index in [0.29, 0.717) is 5.41 Å². The van der Waals surface area contributed by atoms with E-state index < -0.39 is 0 Å². The summed E-state index contributed by atoms with van der Waals surface area (Å²) in [6.07, 6.45) is 18.3. The summed E-state index contributed by atoms with van der Waals surface area (Å²) in [6.45, 7) is 10.2. The van der Waals surface area contributed by atoms with Gasteiger partial charge in [-0.3, -0.25) is 0 Å². The molecule has 23 heavy (non-hydrogen) atoms. The van der Waals surface area contributed by atoms with Crippen molar-refractivity contribution in [1.29, 1.82) is 0 Å². The molecule has 0 heteroatoms. The molecule has 3 aliphatic carbocycles. The van der Waals surface area contributed by atoms with E-state index in [0.717, 1.165) is 35.5 Å². The summed E-state index contributed by atoms with van der Waals surface area (Å²) in [6, 6.07) is 0. The highest BCUT2D eigenvalue weighted by atomic mass is 14.5. The number of hydrogen-bond acceptors (Lipinski definition) is 0. The lowest BCUT2D eigenvalue weighted by Crippen LogP contribution is -2.45. The Hall–Kier alpha value is 0. The Labute approximate surface area is 146 Å². The lowest BCUT2D eigenvalue weighted by Gasteiger charge is -2.54. The van der Waals surface area contributed by atoms with Crippen molar-refractivity contribution in [2.75, 3.05) is 0 Å². The summed E-state index contributed by atoms with van der Waals surface area (Å²) < 4.78 is 0. The summed E-state index contributed by atoms with van der Waals surface area (Å²) in [4.78, 5) is 0. The van der Waals surface area contributed by atoms with E-state index in [4.69, 9.17) is 0 Å². The average Bonchev–Trinajstić information content (AvgIpc) is 2.56. The van der Waals surface area contributed by atoms with Crippen LogP contribution < -0.4 is 0 Å². The zero-order valence-electron chi connectivity index (χ0n) is 16.4. The molecule has 0 spiro atoms. The van der Waals surface area contributed by atoms with Crippen molar-refractivity contribution in [1.82, 2.24) is 0 Å². The minimum absolute atomic E-state index is 0.667. The Morgan fingerprint density at radius 3 is 0.870 bits per heavy atom. The predicted octanol–water partition coefficient (Wildman–Crippen LogP) is 7.47. The third kappa shape index (κ3) is 3.82. The fraction of sp³-hybridized carbons (Fsp3) is 1.00. The van der Waals surface area contributed by atoms with Crippen LogP contribution in [0, 0.1) is 40.9 Å². The largest absolute Gasteiger partial charge is 0.0625 e. The first-order chi connectivity index (χ1) is 11.0. The van der Waals surface area contributed by atoms with Crippen molar-refractivity contribution in [2.24, 2.45) is 40.9 Å². The van der Waals surface area contributed by atoms with Crippen LogP contribution in [0.25, 0.3) is 0 Å². The maximum Gasteiger partial charge on any atom is -0.0241 e. The van der Waals surface area contributed by atoms with Crippen LogP contribution in [0.2, 0.25) is 0 Å². The van der Waals surface area contributed by atoms with Gasteiger partial charge in [-0.15, -0.1) is 0 Å². The molecule has 3 saturated carbocycles. The molecule has 0 nitrogen and oxygen atoms in total. The van der Waals surface area contributed by atoms with Crippen LogP contribution in [-0.4, -0.2) is 0 Å². The molecule has 3 rings (SSSR count). The van der Waals surface area contributed by atoms with E-state index >= 15 is 0 Å². The van der Waals surface area contributed by atoms with Crippen LogP contribution in [-0.2, 0) is 0 Å². The average molecular weight is 319 g/mol. The second-order valence-electron chi connectivity index (χ2n) is 10.2. The second-order valence-corrected chi connectivity index (χ2v) is 10.2. The molecule has 134 valence electrons. The maximum absolute atomic E-state index is 2.77. The molecule has 0 radical (unpaired) electrons. The molecule has 0 aromatic rings. The van der Waals surface area contributed by atoms with E-state index in [-0.39, 0.29) is 0 Å². The fourth-order valence-electron chi connectivity index (χ4n) is 6.65. The molecule has 0 atom stereocenters. The van der Waals surface area contributed by atoms with Crippen LogP contribution in [0.1, 0.15) is 105 Å². The third-order valence-corrected chi connectivity index (χ3v) is 8.69. The van der Waals surface area contributed by atoms with Gasteiger partial charge in [0.2, 0.25) is 0 Å². The van der Waals surface area contributed by atoms with Crippen molar-refractivity contribution in [3.05, 3.63) is 0 Å². The Balaban J connectivity index is 1.77. The van der Waals surface area contributed by atoms with Crippen molar-refractivity contribution >= 4 is 0 Å². The fourth-order valence-corrected chi connectivity index (χ4v) is 6.65. The van der Waals surface area contributed by atoms with Gasteiger partial charge in [0.1, 0.15) is 0 Å².